The molecule has 1 aliphatic rings. The van der Waals surface area contributed by atoms with E-state index in [2.05, 4.69) is 5.32 Å². The lowest BCUT2D eigenvalue weighted by atomic mass is 9.98. The van der Waals surface area contributed by atoms with E-state index in [-0.39, 0.29) is 24.4 Å². The van der Waals surface area contributed by atoms with Gasteiger partial charge in [-0.3, -0.25) is 4.79 Å². The average Bonchev–Trinajstić information content (AvgIpc) is 2.59. The number of carbonyl (C=O) groups is 1. The van der Waals surface area contributed by atoms with Gasteiger partial charge in [-0.2, -0.15) is 0 Å². The third-order valence-electron chi connectivity index (χ3n) is 4.17. The molecule has 140 valence electrons. The zero-order valence-electron chi connectivity index (χ0n) is 14.9. The standard InChI is InChI=1S/C17H26N2O5S/c1-13(12-24-16-8-6-15(23-2)7-9-16)18-17(20)14-5-4-10-19(11-14)25(3,21)22/h6-9,13-14H,4-5,10-12H2,1-3H3,(H,18,20)/t13-,14+/m1/s1. The molecule has 0 aliphatic carbocycles. The fourth-order valence-electron chi connectivity index (χ4n) is 2.75. The highest BCUT2D eigenvalue weighted by Gasteiger charge is 2.30. The van der Waals surface area contributed by atoms with Gasteiger partial charge in [0.25, 0.3) is 0 Å². The molecule has 0 aromatic heterocycles. The summed E-state index contributed by atoms with van der Waals surface area (Å²) in [4.78, 5) is 12.4. The van der Waals surface area contributed by atoms with Crippen molar-refractivity contribution >= 4 is 15.9 Å². The molecule has 1 aromatic rings. The van der Waals surface area contributed by atoms with E-state index in [1.807, 2.05) is 6.92 Å². The lowest BCUT2D eigenvalue weighted by molar-refractivity contribution is -0.126. The van der Waals surface area contributed by atoms with Crippen LogP contribution in [0.2, 0.25) is 0 Å². The maximum atomic E-state index is 12.4. The molecule has 2 rings (SSSR count). The van der Waals surface area contributed by atoms with Crippen LogP contribution < -0.4 is 14.8 Å². The van der Waals surface area contributed by atoms with Gasteiger partial charge < -0.3 is 14.8 Å². The molecule has 0 unspecified atom stereocenters. The molecule has 1 aliphatic heterocycles. The molecule has 25 heavy (non-hydrogen) atoms. The van der Waals surface area contributed by atoms with E-state index in [9.17, 15) is 13.2 Å². The number of carbonyl (C=O) groups excluding carboxylic acids is 1. The van der Waals surface area contributed by atoms with Gasteiger partial charge >= 0.3 is 0 Å². The van der Waals surface area contributed by atoms with Crippen molar-refractivity contribution in [3.05, 3.63) is 24.3 Å². The molecular weight excluding hydrogens is 344 g/mol. The number of sulfonamides is 1. The van der Waals surface area contributed by atoms with Crippen molar-refractivity contribution in [2.75, 3.05) is 33.1 Å². The summed E-state index contributed by atoms with van der Waals surface area (Å²) in [5.74, 6) is 1.01. The molecule has 8 heteroatoms. The van der Waals surface area contributed by atoms with Gasteiger partial charge in [-0.05, 0) is 44.0 Å². The number of hydrogen-bond donors (Lipinski definition) is 1. The quantitative estimate of drug-likeness (QED) is 0.781. The van der Waals surface area contributed by atoms with Crippen LogP contribution in [0.25, 0.3) is 0 Å². The molecular formula is C17H26N2O5S. The van der Waals surface area contributed by atoms with Gasteiger partial charge in [-0.25, -0.2) is 12.7 Å². The van der Waals surface area contributed by atoms with Gasteiger partial charge in [0, 0.05) is 13.1 Å². The molecule has 2 atom stereocenters. The highest BCUT2D eigenvalue weighted by Crippen LogP contribution is 2.19. The second-order valence-electron chi connectivity index (χ2n) is 6.36. The molecule has 0 radical (unpaired) electrons. The first kappa shape index (κ1) is 19.5. The van der Waals surface area contributed by atoms with Crippen LogP contribution in [-0.2, 0) is 14.8 Å². The van der Waals surface area contributed by atoms with Gasteiger partial charge in [-0.15, -0.1) is 0 Å². The molecule has 1 saturated heterocycles. The Hall–Kier alpha value is -1.80. The zero-order chi connectivity index (χ0) is 18.4. The highest BCUT2D eigenvalue weighted by atomic mass is 32.2. The number of nitrogens with one attached hydrogen (secondary N) is 1. The minimum Gasteiger partial charge on any atom is -0.497 e. The Morgan fingerprint density at radius 3 is 2.56 bits per heavy atom. The Bertz CT molecular complexity index is 675. The third kappa shape index (κ3) is 5.89. The maximum Gasteiger partial charge on any atom is 0.224 e. The van der Waals surface area contributed by atoms with Gasteiger partial charge in [0.05, 0.1) is 25.3 Å². The Morgan fingerprint density at radius 1 is 1.32 bits per heavy atom. The lowest BCUT2D eigenvalue weighted by Gasteiger charge is -2.30. The van der Waals surface area contributed by atoms with Crippen LogP contribution in [0, 0.1) is 5.92 Å². The fraction of sp³-hybridized carbons (Fsp3) is 0.588. The van der Waals surface area contributed by atoms with Gasteiger partial charge in [0.15, 0.2) is 0 Å². The Kier molecular flexibility index (Phi) is 6.66. The molecule has 1 fully saturated rings. The summed E-state index contributed by atoms with van der Waals surface area (Å²) >= 11 is 0. The minimum absolute atomic E-state index is 0.126. The number of piperidine rings is 1. The van der Waals surface area contributed by atoms with Crippen LogP contribution in [0.1, 0.15) is 19.8 Å². The van der Waals surface area contributed by atoms with Crippen molar-refractivity contribution in [1.82, 2.24) is 9.62 Å². The first-order valence-electron chi connectivity index (χ1n) is 8.32. The van der Waals surface area contributed by atoms with E-state index in [1.54, 1.807) is 31.4 Å². The van der Waals surface area contributed by atoms with E-state index in [1.165, 1.54) is 10.6 Å². The third-order valence-corrected chi connectivity index (χ3v) is 5.44. The van der Waals surface area contributed by atoms with E-state index in [4.69, 9.17) is 9.47 Å². The second-order valence-corrected chi connectivity index (χ2v) is 8.34. The van der Waals surface area contributed by atoms with Crippen molar-refractivity contribution in [3.63, 3.8) is 0 Å². The number of amides is 1. The Morgan fingerprint density at radius 2 is 1.96 bits per heavy atom. The fourth-order valence-corrected chi connectivity index (χ4v) is 3.66. The predicted octanol–water partition coefficient (Wildman–Crippen LogP) is 1.25. The number of rotatable bonds is 7. The summed E-state index contributed by atoms with van der Waals surface area (Å²) < 4.78 is 35.4. The molecule has 0 bridgehead atoms. The second kappa shape index (κ2) is 8.53. The van der Waals surface area contributed by atoms with Crippen LogP contribution in [0.4, 0.5) is 0 Å². The Balaban J connectivity index is 1.80. The molecule has 1 N–H and O–H groups in total. The number of ether oxygens (including phenoxy) is 2. The van der Waals surface area contributed by atoms with Crippen molar-refractivity contribution in [1.29, 1.82) is 0 Å². The molecule has 1 amide bonds. The molecule has 0 spiro atoms. The van der Waals surface area contributed by atoms with Crippen molar-refractivity contribution in [3.8, 4) is 11.5 Å². The van der Waals surface area contributed by atoms with Gasteiger partial charge in [-0.1, -0.05) is 0 Å². The molecule has 7 nitrogen and oxygen atoms in total. The van der Waals surface area contributed by atoms with Crippen LogP contribution in [0.15, 0.2) is 24.3 Å². The van der Waals surface area contributed by atoms with Gasteiger partial charge in [0.1, 0.15) is 18.1 Å². The van der Waals surface area contributed by atoms with Crippen LogP contribution in [0.5, 0.6) is 11.5 Å². The van der Waals surface area contributed by atoms with Gasteiger partial charge in [0.2, 0.25) is 15.9 Å². The lowest BCUT2D eigenvalue weighted by Crippen LogP contribution is -2.47. The molecule has 0 saturated carbocycles. The molecule has 1 heterocycles. The van der Waals surface area contributed by atoms with E-state index in [0.29, 0.717) is 31.7 Å². The van der Waals surface area contributed by atoms with Crippen molar-refractivity contribution < 1.29 is 22.7 Å². The highest BCUT2D eigenvalue weighted by molar-refractivity contribution is 7.88. The summed E-state index contributed by atoms with van der Waals surface area (Å²) in [6, 6.07) is 7.04. The summed E-state index contributed by atoms with van der Waals surface area (Å²) in [7, 11) is -1.65. The minimum atomic E-state index is -3.25. The predicted molar refractivity (Wildman–Crippen MR) is 95.2 cm³/mol. The van der Waals surface area contributed by atoms with Crippen LogP contribution in [-0.4, -0.2) is 57.7 Å². The first-order valence-corrected chi connectivity index (χ1v) is 10.2. The number of hydrogen-bond acceptors (Lipinski definition) is 5. The summed E-state index contributed by atoms with van der Waals surface area (Å²) in [6.45, 7) is 2.93. The van der Waals surface area contributed by atoms with E-state index < -0.39 is 10.0 Å². The average molecular weight is 370 g/mol. The molecule has 1 aromatic carbocycles. The Labute approximate surface area is 149 Å². The maximum absolute atomic E-state index is 12.4. The van der Waals surface area contributed by atoms with Crippen LogP contribution >= 0.6 is 0 Å². The number of benzene rings is 1. The number of nitrogens with zero attached hydrogens (tertiary/aromatic N) is 1. The smallest absolute Gasteiger partial charge is 0.224 e. The first-order chi connectivity index (χ1) is 11.8. The summed E-state index contributed by atoms with van der Waals surface area (Å²) in [5.41, 5.74) is 0. The summed E-state index contributed by atoms with van der Waals surface area (Å²) in [6.07, 6.45) is 2.57. The monoisotopic (exact) mass is 370 g/mol. The zero-order valence-corrected chi connectivity index (χ0v) is 15.7. The van der Waals surface area contributed by atoms with Crippen molar-refractivity contribution in [2.24, 2.45) is 5.92 Å². The van der Waals surface area contributed by atoms with Crippen molar-refractivity contribution in [2.45, 2.75) is 25.8 Å². The largest absolute Gasteiger partial charge is 0.497 e. The van der Waals surface area contributed by atoms with Crippen LogP contribution in [0.3, 0.4) is 0 Å². The van der Waals surface area contributed by atoms with E-state index >= 15 is 0 Å². The number of methoxy groups -OCH3 is 1. The topological polar surface area (TPSA) is 84.9 Å². The summed E-state index contributed by atoms with van der Waals surface area (Å²) in [5, 5.41) is 2.90. The normalized spacial score (nSPS) is 19.9. The SMILES string of the molecule is COc1ccc(OC[C@@H](C)NC(=O)[C@H]2CCCN(S(C)(=O)=O)C2)cc1. The van der Waals surface area contributed by atoms with E-state index in [0.717, 1.165) is 5.75 Å².